The van der Waals surface area contributed by atoms with Crippen LogP contribution in [-0.2, 0) is 19.4 Å². The van der Waals surface area contributed by atoms with Crippen molar-refractivity contribution in [2.45, 2.75) is 32.7 Å². The number of fused-ring (bicyclic) bond motifs is 2. The lowest BCUT2D eigenvalue weighted by Crippen LogP contribution is -2.28. The Kier molecular flexibility index (Phi) is 3.59. The van der Waals surface area contributed by atoms with Crippen LogP contribution in [0.4, 0.5) is 0 Å². The van der Waals surface area contributed by atoms with Crippen LogP contribution >= 0.6 is 0 Å². The zero-order valence-corrected chi connectivity index (χ0v) is 14.0. The molecule has 0 aliphatic heterocycles. The molecule has 1 amide bonds. The lowest BCUT2D eigenvalue weighted by molar-refractivity contribution is 0.0776. The first kappa shape index (κ1) is 14.9. The third-order valence-electron chi connectivity index (χ3n) is 4.83. The van der Waals surface area contributed by atoms with Crippen molar-refractivity contribution in [1.29, 1.82) is 0 Å². The summed E-state index contributed by atoms with van der Waals surface area (Å²) in [5, 5.41) is 7.36. The van der Waals surface area contributed by atoms with Crippen molar-refractivity contribution in [3.63, 3.8) is 0 Å². The van der Waals surface area contributed by atoms with E-state index in [1.54, 1.807) is 4.90 Å². The van der Waals surface area contributed by atoms with Crippen LogP contribution in [0.15, 0.2) is 30.6 Å². The number of rotatable bonds is 3. The molecule has 1 N–H and O–H groups in total. The number of carbonyl (C=O) groups excluding carboxylic acids is 1. The largest absolute Gasteiger partial charge is 0.334 e. The Morgan fingerprint density at radius 3 is 3.21 bits per heavy atom. The topological polar surface area (TPSA) is 66.3 Å². The van der Waals surface area contributed by atoms with Crippen molar-refractivity contribution in [1.82, 2.24) is 24.5 Å². The van der Waals surface area contributed by atoms with Gasteiger partial charge in [-0.2, -0.15) is 5.10 Å². The minimum absolute atomic E-state index is 0.0347. The van der Waals surface area contributed by atoms with Gasteiger partial charge in [-0.15, -0.1) is 0 Å². The second-order valence-electron chi connectivity index (χ2n) is 6.72. The van der Waals surface area contributed by atoms with Crippen molar-refractivity contribution in [3.05, 3.63) is 53.2 Å². The average molecular weight is 323 g/mol. The SMILES string of the molecule is CC1CCc2[nH]nc(C(=O)N(C)Cc3cnc4ccccn34)c2C1. The minimum atomic E-state index is -0.0347. The highest BCUT2D eigenvalue weighted by Gasteiger charge is 2.26. The summed E-state index contributed by atoms with van der Waals surface area (Å²) >= 11 is 0. The number of H-pyrrole nitrogens is 1. The van der Waals surface area contributed by atoms with Crippen LogP contribution in [0.2, 0.25) is 0 Å². The minimum Gasteiger partial charge on any atom is -0.334 e. The van der Waals surface area contributed by atoms with Crippen molar-refractivity contribution < 1.29 is 4.79 Å². The maximum Gasteiger partial charge on any atom is 0.274 e. The summed E-state index contributed by atoms with van der Waals surface area (Å²) in [5.41, 5.74) is 4.68. The molecule has 3 aromatic heterocycles. The van der Waals surface area contributed by atoms with Crippen molar-refractivity contribution >= 4 is 11.6 Å². The van der Waals surface area contributed by atoms with Crippen molar-refractivity contribution in [3.8, 4) is 0 Å². The van der Waals surface area contributed by atoms with Gasteiger partial charge >= 0.3 is 0 Å². The first-order valence-corrected chi connectivity index (χ1v) is 8.36. The fourth-order valence-corrected chi connectivity index (χ4v) is 3.44. The lowest BCUT2D eigenvalue weighted by atomic mass is 9.87. The monoisotopic (exact) mass is 323 g/mol. The van der Waals surface area contributed by atoms with Crippen molar-refractivity contribution in [2.24, 2.45) is 5.92 Å². The summed E-state index contributed by atoms with van der Waals surface area (Å²) in [6.07, 6.45) is 6.85. The summed E-state index contributed by atoms with van der Waals surface area (Å²) in [6.45, 7) is 2.73. The molecule has 0 saturated heterocycles. The molecular weight excluding hydrogens is 302 g/mol. The normalized spacial score (nSPS) is 17.0. The smallest absolute Gasteiger partial charge is 0.274 e. The molecule has 3 aromatic rings. The average Bonchev–Trinajstić information content (AvgIpc) is 3.18. The molecule has 1 aliphatic rings. The number of hydrogen-bond acceptors (Lipinski definition) is 3. The fourth-order valence-electron chi connectivity index (χ4n) is 3.44. The zero-order chi connectivity index (χ0) is 16.7. The Labute approximate surface area is 140 Å². The molecule has 0 radical (unpaired) electrons. The summed E-state index contributed by atoms with van der Waals surface area (Å²) < 4.78 is 2.01. The molecule has 6 nitrogen and oxygen atoms in total. The predicted molar refractivity (Wildman–Crippen MR) is 90.8 cm³/mol. The van der Waals surface area contributed by atoms with Crippen LogP contribution < -0.4 is 0 Å². The molecule has 0 spiro atoms. The standard InChI is InChI=1S/C18H21N5O/c1-12-6-7-15-14(9-12)17(21-20-15)18(24)22(2)11-13-10-19-16-5-3-4-8-23(13)16/h3-5,8,10,12H,6-7,9,11H2,1-2H3,(H,20,21). The first-order chi connectivity index (χ1) is 11.6. The van der Waals surface area contributed by atoms with Gasteiger partial charge in [0, 0.05) is 24.5 Å². The van der Waals surface area contributed by atoms with Gasteiger partial charge in [-0.3, -0.25) is 9.89 Å². The molecule has 3 heterocycles. The number of pyridine rings is 1. The second-order valence-corrected chi connectivity index (χ2v) is 6.72. The number of imidazole rings is 1. The summed E-state index contributed by atoms with van der Waals surface area (Å²) in [4.78, 5) is 19.0. The molecule has 0 fully saturated rings. The lowest BCUT2D eigenvalue weighted by Gasteiger charge is -2.20. The van der Waals surface area contributed by atoms with Gasteiger partial charge in [0.05, 0.1) is 18.4 Å². The van der Waals surface area contributed by atoms with Gasteiger partial charge in [0.1, 0.15) is 5.65 Å². The summed E-state index contributed by atoms with van der Waals surface area (Å²) in [7, 11) is 1.82. The number of aromatic amines is 1. The fraction of sp³-hybridized carbons (Fsp3) is 0.389. The highest BCUT2D eigenvalue weighted by Crippen LogP contribution is 2.26. The van der Waals surface area contributed by atoms with E-state index in [0.29, 0.717) is 18.2 Å². The Morgan fingerprint density at radius 2 is 2.33 bits per heavy atom. The molecule has 0 bridgehead atoms. The van der Waals surface area contributed by atoms with Gasteiger partial charge in [-0.05, 0) is 37.3 Å². The number of carbonyl (C=O) groups is 1. The van der Waals surface area contributed by atoms with E-state index >= 15 is 0 Å². The molecule has 1 atom stereocenters. The summed E-state index contributed by atoms with van der Waals surface area (Å²) in [5.74, 6) is 0.568. The molecule has 0 saturated carbocycles. The van der Waals surface area contributed by atoms with Gasteiger partial charge in [-0.1, -0.05) is 13.0 Å². The van der Waals surface area contributed by atoms with Gasteiger partial charge < -0.3 is 9.30 Å². The van der Waals surface area contributed by atoms with E-state index in [2.05, 4.69) is 22.1 Å². The molecule has 1 aliphatic carbocycles. The first-order valence-electron chi connectivity index (χ1n) is 8.36. The van der Waals surface area contributed by atoms with Crippen LogP contribution in [0.5, 0.6) is 0 Å². The van der Waals surface area contributed by atoms with E-state index in [0.717, 1.165) is 41.9 Å². The number of amides is 1. The van der Waals surface area contributed by atoms with Crippen LogP contribution in [0, 0.1) is 5.92 Å². The van der Waals surface area contributed by atoms with Crippen LogP contribution in [0.3, 0.4) is 0 Å². The molecule has 4 rings (SSSR count). The number of nitrogens with one attached hydrogen (secondary N) is 1. The Balaban J connectivity index is 1.58. The van der Waals surface area contributed by atoms with Crippen molar-refractivity contribution in [2.75, 3.05) is 7.05 Å². The van der Waals surface area contributed by atoms with Gasteiger partial charge in [0.25, 0.3) is 5.91 Å². The van der Waals surface area contributed by atoms with E-state index in [1.165, 1.54) is 0 Å². The van der Waals surface area contributed by atoms with Crippen LogP contribution in [0.1, 0.15) is 40.8 Å². The molecule has 124 valence electrons. The maximum absolute atomic E-state index is 12.9. The maximum atomic E-state index is 12.9. The van der Waals surface area contributed by atoms with E-state index in [-0.39, 0.29) is 5.91 Å². The number of nitrogens with zero attached hydrogens (tertiary/aromatic N) is 4. The molecule has 1 unspecified atom stereocenters. The van der Waals surface area contributed by atoms with E-state index < -0.39 is 0 Å². The van der Waals surface area contributed by atoms with E-state index in [4.69, 9.17) is 0 Å². The Bertz CT molecular complexity index is 894. The Morgan fingerprint density at radius 1 is 1.46 bits per heavy atom. The molecule has 0 aromatic carbocycles. The van der Waals surface area contributed by atoms with Gasteiger partial charge in [0.2, 0.25) is 0 Å². The van der Waals surface area contributed by atoms with E-state index in [9.17, 15) is 4.79 Å². The highest BCUT2D eigenvalue weighted by atomic mass is 16.2. The predicted octanol–water partition coefficient (Wildman–Crippen LogP) is 2.45. The molecular formula is C18H21N5O. The highest BCUT2D eigenvalue weighted by molar-refractivity contribution is 5.93. The second kappa shape index (κ2) is 5.78. The van der Waals surface area contributed by atoms with Gasteiger partial charge in [0.15, 0.2) is 5.69 Å². The quantitative estimate of drug-likeness (QED) is 0.805. The number of hydrogen-bond donors (Lipinski definition) is 1. The van der Waals surface area contributed by atoms with Gasteiger partial charge in [-0.25, -0.2) is 4.98 Å². The molecule has 24 heavy (non-hydrogen) atoms. The Hall–Kier alpha value is -2.63. The zero-order valence-electron chi connectivity index (χ0n) is 14.0. The third kappa shape index (κ3) is 2.48. The third-order valence-corrected chi connectivity index (χ3v) is 4.83. The summed E-state index contributed by atoms with van der Waals surface area (Å²) in [6, 6.07) is 5.88. The number of aryl methyl sites for hydroxylation is 1. The van der Waals surface area contributed by atoms with E-state index in [1.807, 2.05) is 42.0 Å². The molecule has 6 heteroatoms. The van der Waals surface area contributed by atoms with Crippen LogP contribution in [0.25, 0.3) is 5.65 Å². The van der Waals surface area contributed by atoms with Crippen LogP contribution in [-0.4, -0.2) is 37.4 Å². The number of aromatic nitrogens is 4.